The molecule has 0 fully saturated rings. The summed E-state index contributed by atoms with van der Waals surface area (Å²) in [4.78, 5) is 23.3. The number of halogens is 1. The molecule has 6 nitrogen and oxygen atoms in total. The Morgan fingerprint density at radius 2 is 2.00 bits per heavy atom. The van der Waals surface area contributed by atoms with Gasteiger partial charge >= 0.3 is 0 Å². The van der Waals surface area contributed by atoms with E-state index >= 15 is 0 Å². The molecule has 1 aromatic carbocycles. The molecule has 0 aliphatic carbocycles. The van der Waals surface area contributed by atoms with Gasteiger partial charge < -0.3 is 9.15 Å². The maximum absolute atomic E-state index is 11.7. The van der Waals surface area contributed by atoms with Gasteiger partial charge in [0.05, 0.1) is 0 Å². The summed E-state index contributed by atoms with van der Waals surface area (Å²) in [6, 6.07) is 9.01. The van der Waals surface area contributed by atoms with Gasteiger partial charge in [-0.25, -0.2) is 0 Å². The zero-order chi connectivity index (χ0) is 17.5. The highest BCUT2D eigenvalue weighted by atomic mass is 79.9. The van der Waals surface area contributed by atoms with E-state index in [0.717, 1.165) is 15.8 Å². The monoisotopic (exact) mass is 392 g/mol. The minimum atomic E-state index is -0.475. The van der Waals surface area contributed by atoms with Crippen LogP contribution in [-0.2, 0) is 9.59 Å². The number of benzene rings is 1. The lowest BCUT2D eigenvalue weighted by molar-refractivity contribution is -0.128. The van der Waals surface area contributed by atoms with Crippen molar-refractivity contribution in [2.45, 2.75) is 13.8 Å². The SMILES string of the molecule is Cc1ccc(C=CC(=O)NNC(=O)COc2ccc(Br)cc2C)o1. The van der Waals surface area contributed by atoms with Crippen LogP contribution in [0.4, 0.5) is 0 Å². The highest BCUT2D eigenvalue weighted by Gasteiger charge is 2.06. The summed E-state index contributed by atoms with van der Waals surface area (Å²) in [6.45, 7) is 3.48. The number of carbonyl (C=O) groups excluding carboxylic acids is 2. The van der Waals surface area contributed by atoms with Gasteiger partial charge in [0.2, 0.25) is 0 Å². The predicted octanol–water partition coefficient (Wildman–Crippen LogP) is 2.90. The number of nitrogens with one attached hydrogen (secondary N) is 2. The van der Waals surface area contributed by atoms with Crippen LogP contribution in [0, 0.1) is 13.8 Å². The number of hydrogen-bond donors (Lipinski definition) is 2. The molecular formula is C17H17BrN2O4. The Hall–Kier alpha value is -2.54. The molecule has 0 radical (unpaired) electrons. The molecule has 0 saturated heterocycles. The molecule has 0 bridgehead atoms. The maximum Gasteiger partial charge on any atom is 0.276 e. The van der Waals surface area contributed by atoms with Gasteiger partial charge in [-0.05, 0) is 55.8 Å². The van der Waals surface area contributed by atoms with E-state index in [1.54, 1.807) is 18.2 Å². The van der Waals surface area contributed by atoms with Gasteiger partial charge in [0.1, 0.15) is 17.3 Å². The third kappa shape index (κ3) is 5.58. The largest absolute Gasteiger partial charge is 0.483 e. The van der Waals surface area contributed by atoms with Crippen LogP contribution in [0.1, 0.15) is 17.1 Å². The summed E-state index contributed by atoms with van der Waals surface area (Å²) < 4.78 is 11.6. The van der Waals surface area contributed by atoms with Crippen LogP contribution in [-0.4, -0.2) is 18.4 Å². The fraction of sp³-hybridized carbons (Fsp3) is 0.176. The Kier molecular flexibility index (Phi) is 6.20. The molecule has 0 atom stereocenters. The van der Waals surface area contributed by atoms with Crippen LogP contribution in [0.3, 0.4) is 0 Å². The van der Waals surface area contributed by atoms with E-state index in [1.807, 2.05) is 26.0 Å². The Balaban J connectivity index is 1.74. The number of carbonyl (C=O) groups is 2. The number of amides is 2. The number of hydrogen-bond acceptors (Lipinski definition) is 4. The molecule has 1 heterocycles. The summed E-state index contributed by atoms with van der Waals surface area (Å²) in [5.74, 6) is 0.977. The van der Waals surface area contributed by atoms with Gasteiger partial charge in [-0.3, -0.25) is 20.4 Å². The molecule has 0 aliphatic heterocycles. The molecule has 0 aliphatic rings. The standard InChI is InChI=1S/C17H17BrN2O4/c1-11-9-13(18)4-7-15(11)23-10-17(22)20-19-16(21)8-6-14-5-3-12(2)24-14/h3-9H,10H2,1-2H3,(H,19,21)(H,20,22). The average Bonchev–Trinajstić information content (AvgIpc) is 2.95. The number of rotatable bonds is 5. The molecular weight excluding hydrogens is 376 g/mol. The van der Waals surface area contributed by atoms with Crippen molar-refractivity contribution in [2.24, 2.45) is 0 Å². The first-order chi connectivity index (χ1) is 11.4. The normalized spacial score (nSPS) is 10.6. The molecule has 0 spiro atoms. The highest BCUT2D eigenvalue weighted by molar-refractivity contribution is 9.10. The van der Waals surface area contributed by atoms with Crippen LogP contribution in [0.15, 0.2) is 45.3 Å². The second kappa shape index (κ2) is 8.35. The molecule has 7 heteroatoms. The van der Waals surface area contributed by atoms with E-state index < -0.39 is 11.8 Å². The Morgan fingerprint density at radius 3 is 2.67 bits per heavy atom. The van der Waals surface area contributed by atoms with Crippen LogP contribution in [0.5, 0.6) is 5.75 Å². The summed E-state index contributed by atoms with van der Waals surface area (Å²) in [5, 5.41) is 0. The zero-order valence-electron chi connectivity index (χ0n) is 13.3. The number of aryl methyl sites for hydroxylation is 2. The van der Waals surface area contributed by atoms with Gasteiger partial charge in [-0.15, -0.1) is 0 Å². The summed E-state index contributed by atoms with van der Waals surface area (Å²) in [7, 11) is 0. The van der Waals surface area contributed by atoms with E-state index in [9.17, 15) is 9.59 Å². The highest BCUT2D eigenvalue weighted by Crippen LogP contribution is 2.21. The first-order valence-electron chi connectivity index (χ1n) is 7.16. The third-order valence-electron chi connectivity index (χ3n) is 2.98. The van der Waals surface area contributed by atoms with E-state index in [2.05, 4.69) is 26.8 Å². The van der Waals surface area contributed by atoms with Crippen molar-refractivity contribution >= 4 is 33.8 Å². The molecule has 0 unspecified atom stereocenters. The van der Waals surface area contributed by atoms with Crippen LogP contribution in [0.25, 0.3) is 6.08 Å². The third-order valence-corrected chi connectivity index (χ3v) is 3.47. The van der Waals surface area contributed by atoms with Crippen LogP contribution in [0.2, 0.25) is 0 Å². The minimum absolute atomic E-state index is 0.205. The maximum atomic E-state index is 11.7. The van der Waals surface area contributed by atoms with Crippen LogP contribution >= 0.6 is 15.9 Å². The van der Waals surface area contributed by atoms with Gasteiger partial charge in [-0.2, -0.15) is 0 Å². The lowest BCUT2D eigenvalue weighted by Crippen LogP contribution is -2.43. The van der Waals surface area contributed by atoms with E-state index in [1.165, 1.54) is 12.2 Å². The molecule has 2 N–H and O–H groups in total. The lowest BCUT2D eigenvalue weighted by Gasteiger charge is -2.09. The molecule has 1 aromatic heterocycles. The lowest BCUT2D eigenvalue weighted by atomic mass is 10.2. The predicted molar refractivity (Wildman–Crippen MR) is 93.1 cm³/mol. The van der Waals surface area contributed by atoms with Crippen molar-refractivity contribution in [3.63, 3.8) is 0 Å². The van der Waals surface area contributed by atoms with Crippen molar-refractivity contribution in [3.8, 4) is 5.75 Å². The minimum Gasteiger partial charge on any atom is -0.483 e. The summed E-state index contributed by atoms with van der Waals surface area (Å²) in [6.07, 6.45) is 2.77. The quantitative estimate of drug-likeness (QED) is 0.605. The summed E-state index contributed by atoms with van der Waals surface area (Å²) >= 11 is 3.35. The fourth-order valence-electron chi connectivity index (χ4n) is 1.83. The second-order valence-electron chi connectivity index (χ2n) is 5.02. The molecule has 24 heavy (non-hydrogen) atoms. The van der Waals surface area contributed by atoms with Crippen molar-refractivity contribution in [3.05, 3.63) is 58.0 Å². The van der Waals surface area contributed by atoms with E-state index in [-0.39, 0.29) is 6.61 Å². The molecule has 0 saturated carbocycles. The fourth-order valence-corrected chi connectivity index (χ4v) is 2.30. The molecule has 2 rings (SSSR count). The van der Waals surface area contributed by atoms with Crippen molar-refractivity contribution in [1.29, 1.82) is 0 Å². The topological polar surface area (TPSA) is 80.6 Å². The first kappa shape index (κ1) is 17.8. The summed E-state index contributed by atoms with van der Waals surface area (Å²) in [5.41, 5.74) is 5.44. The van der Waals surface area contributed by atoms with E-state index in [4.69, 9.17) is 9.15 Å². The second-order valence-corrected chi connectivity index (χ2v) is 5.93. The molecule has 2 amide bonds. The van der Waals surface area contributed by atoms with Gasteiger partial charge in [-0.1, -0.05) is 15.9 Å². The number of furan rings is 1. The Labute approximate surface area is 148 Å². The zero-order valence-corrected chi connectivity index (χ0v) is 14.8. The first-order valence-corrected chi connectivity index (χ1v) is 7.95. The van der Waals surface area contributed by atoms with Gasteiger partial charge in [0, 0.05) is 10.5 Å². The number of ether oxygens (including phenoxy) is 1. The van der Waals surface area contributed by atoms with Crippen molar-refractivity contribution < 1.29 is 18.7 Å². The Bertz CT molecular complexity index is 768. The Morgan fingerprint density at radius 1 is 1.21 bits per heavy atom. The molecule has 126 valence electrons. The smallest absolute Gasteiger partial charge is 0.276 e. The molecule has 2 aromatic rings. The van der Waals surface area contributed by atoms with Crippen molar-refractivity contribution in [2.75, 3.05) is 6.61 Å². The van der Waals surface area contributed by atoms with Crippen molar-refractivity contribution in [1.82, 2.24) is 10.9 Å². The van der Waals surface area contributed by atoms with Crippen LogP contribution < -0.4 is 15.6 Å². The average molecular weight is 393 g/mol. The van der Waals surface area contributed by atoms with Gasteiger partial charge in [0.25, 0.3) is 11.8 Å². The van der Waals surface area contributed by atoms with Gasteiger partial charge in [0.15, 0.2) is 6.61 Å². The number of hydrazine groups is 1. The van der Waals surface area contributed by atoms with E-state index in [0.29, 0.717) is 11.5 Å².